The van der Waals surface area contributed by atoms with E-state index in [1.54, 1.807) is 0 Å². The molecule has 0 aromatic heterocycles. The molecule has 0 spiro atoms. The molecule has 0 heterocycles. The fraction of sp³-hybridized carbons (Fsp3) is 0.600. The van der Waals surface area contributed by atoms with Gasteiger partial charge in [0.25, 0.3) is 0 Å². The number of rotatable bonds is 4. The van der Waals surface area contributed by atoms with E-state index in [-0.39, 0.29) is 59.1 Å². The number of halogens is 6. The van der Waals surface area contributed by atoms with Crippen molar-refractivity contribution in [1.82, 2.24) is 0 Å². The van der Waals surface area contributed by atoms with E-state index in [2.05, 4.69) is 0 Å². The van der Waals surface area contributed by atoms with Crippen LogP contribution in [0.4, 0.5) is 26.3 Å². The van der Waals surface area contributed by atoms with Crippen LogP contribution in [0.2, 0.25) is 0 Å². The normalized spacial score (nSPS) is 12.1. The number of alkyl halides is 6. The summed E-state index contributed by atoms with van der Waals surface area (Å²) in [4.78, 5) is 18.9. The Morgan fingerprint density at radius 2 is 0.882 bits per heavy atom. The standard InChI is InChI=1S/C5H2F6O4.2Na/c6-3(7,1(12)13)5(10,11)4(8,9)2(14)15;;/h(H,12,13)(H,14,15);;/q;2*+1/p-2. The van der Waals surface area contributed by atoms with Gasteiger partial charge < -0.3 is 19.8 Å². The molecular formula is C5F6Na2O4. The van der Waals surface area contributed by atoms with Crippen molar-refractivity contribution in [2.24, 2.45) is 0 Å². The van der Waals surface area contributed by atoms with Gasteiger partial charge in [-0.15, -0.1) is 0 Å². The number of hydrogen-bond donors (Lipinski definition) is 0. The Kier molecular flexibility index (Phi) is 8.83. The summed E-state index contributed by atoms with van der Waals surface area (Å²) < 4.78 is 72.3. The van der Waals surface area contributed by atoms with E-state index in [1.165, 1.54) is 0 Å². The summed E-state index contributed by atoms with van der Waals surface area (Å²) in [5.41, 5.74) is 0. The molecule has 0 unspecified atom stereocenters. The maximum Gasteiger partial charge on any atom is 1.00 e. The van der Waals surface area contributed by atoms with Gasteiger partial charge in [0, 0.05) is 0 Å². The van der Waals surface area contributed by atoms with Crippen LogP contribution in [0, 0.1) is 0 Å². The van der Waals surface area contributed by atoms with Crippen LogP contribution in [0.3, 0.4) is 0 Å². The van der Waals surface area contributed by atoms with E-state index < -0.39 is 29.7 Å². The Hall–Kier alpha value is 0.520. The Labute approximate surface area is 134 Å². The molecule has 0 aliphatic carbocycles. The first-order valence-corrected chi connectivity index (χ1v) is 2.95. The fourth-order valence-corrected chi connectivity index (χ4v) is 0.454. The van der Waals surface area contributed by atoms with Crippen LogP contribution in [0.1, 0.15) is 0 Å². The Morgan fingerprint density at radius 1 is 0.706 bits per heavy atom. The topological polar surface area (TPSA) is 80.3 Å². The number of aliphatic carboxylic acids is 2. The number of carboxylic acid groups (broad SMARTS) is 2. The maximum absolute atomic E-state index is 12.1. The number of carboxylic acids is 2. The Balaban J connectivity index is -0.000000980. The smallest absolute Gasteiger partial charge is 0.544 e. The fourth-order valence-electron chi connectivity index (χ4n) is 0.454. The molecule has 17 heavy (non-hydrogen) atoms. The van der Waals surface area contributed by atoms with E-state index in [0.717, 1.165) is 0 Å². The molecule has 0 rings (SSSR count). The molecule has 4 nitrogen and oxygen atoms in total. The third kappa shape index (κ3) is 3.74. The van der Waals surface area contributed by atoms with Crippen LogP contribution in [0.5, 0.6) is 0 Å². The van der Waals surface area contributed by atoms with Crippen LogP contribution in [0.15, 0.2) is 0 Å². The van der Waals surface area contributed by atoms with Crippen molar-refractivity contribution < 1.29 is 105 Å². The van der Waals surface area contributed by atoms with E-state index in [4.69, 9.17) is 0 Å². The third-order valence-electron chi connectivity index (χ3n) is 1.30. The van der Waals surface area contributed by atoms with Crippen molar-refractivity contribution in [2.75, 3.05) is 0 Å². The van der Waals surface area contributed by atoms with E-state index in [0.29, 0.717) is 0 Å². The Bertz CT molecular complexity index is 279. The largest absolute Gasteiger partial charge is 1.00 e. The van der Waals surface area contributed by atoms with Crippen LogP contribution in [-0.4, -0.2) is 29.7 Å². The van der Waals surface area contributed by atoms with Crippen LogP contribution in [0.25, 0.3) is 0 Å². The van der Waals surface area contributed by atoms with Crippen LogP contribution in [-0.2, 0) is 9.59 Å². The van der Waals surface area contributed by atoms with Gasteiger partial charge in [0.2, 0.25) is 0 Å². The first-order chi connectivity index (χ1) is 6.39. The molecule has 0 bridgehead atoms. The summed E-state index contributed by atoms with van der Waals surface area (Å²) >= 11 is 0. The van der Waals surface area contributed by atoms with Gasteiger partial charge in [0.15, 0.2) is 0 Å². The molecule has 0 N–H and O–H groups in total. The Morgan fingerprint density at radius 3 is 1.00 bits per heavy atom. The summed E-state index contributed by atoms with van der Waals surface area (Å²) in [5, 5.41) is 18.9. The van der Waals surface area contributed by atoms with Gasteiger partial charge in [-0.05, 0) is 0 Å². The van der Waals surface area contributed by atoms with E-state index >= 15 is 0 Å². The summed E-state index contributed by atoms with van der Waals surface area (Å²) in [6, 6.07) is 0. The zero-order chi connectivity index (χ0) is 12.7. The second kappa shape index (κ2) is 6.62. The van der Waals surface area contributed by atoms with Gasteiger partial charge in [0.05, 0.1) is 0 Å². The first kappa shape index (κ1) is 22.7. The molecular weight excluding hydrogens is 284 g/mol. The third-order valence-corrected chi connectivity index (χ3v) is 1.30. The molecule has 0 saturated carbocycles. The molecule has 0 atom stereocenters. The molecule has 0 amide bonds. The molecule has 0 radical (unpaired) electrons. The average molecular weight is 284 g/mol. The molecule has 0 fully saturated rings. The predicted molar refractivity (Wildman–Crippen MR) is 24.9 cm³/mol. The quantitative estimate of drug-likeness (QED) is 0.379. The summed E-state index contributed by atoms with van der Waals surface area (Å²) in [6.07, 6.45) is 0. The van der Waals surface area contributed by atoms with E-state index in [9.17, 15) is 46.1 Å². The monoisotopic (exact) mass is 284 g/mol. The zero-order valence-corrected chi connectivity index (χ0v) is 12.4. The molecule has 88 valence electrons. The second-order valence-corrected chi connectivity index (χ2v) is 2.30. The SMILES string of the molecule is O=C([O-])C(F)(F)C(F)(F)C(F)(F)C(=O)[O-].[Na+].[Na+]. The predicted octanol–water partition coefficient (Wildman–Crippen LogP) is -7.60. The minimum atomic E-state index is -6.66. The molecule has 0 saturated heterocycles. The number of carbonyl (C=O) groups is 2. The van der Waals surface area contributed by atoms with Gasteiger partial charge in [-0.2, -0.15) is 26.3 Å². The minimum Gasteiger partial charge on any atom is -0.544 e. The van der Waals surface area contributed by atoms with E-state index in [1.807, 2.05) is 0 Å². The molecule has 0 aromatic carbocycles. The van der Waals surface area contributed by atoms with Gasteiger partial charge in [0.1, 0.15) is 11.9 Å². The van der Waals surface area contributed by atoms with Crippen molar-refractivity contribution in [3.8, 4) is 0 Å². The summed E-state index contributed by atoms with van der Waals surface area (Å²) in [5.74, 6) is -27.0. The first-order valence-electron chi connectivity index (χ1n) is 2.95. The van der Waals surface area contributed by atoms with Crippen LogP contribution < -0.4 is 69.3 Å². The zero-order valence-electron chi connectivity index (χ0n) is 8.40. The minimum absolute atomic E-state index is 0. The average Bonchev–Trinajstić information content (AvgIpc) is 2.02. The van der Waals surface area contributed by atoms with Gasteiger partial charge in [-0.1, -0.05) is 0 Å². The second-order valence-electron chi connectivity index (χ2n) is 2.30. The van der Waals surface area contributed by atoms with Gasteiger partial charge in [-0.3, -0.25) is 0 Å². The van der Waals surface area contributed by atoms with Crippen molar-refractivity contribution in [3.05, 3.63) is 0 Å². The molecule has 0 aliphatic heterocycles. The van der Waals surface area contributed by atoms with Crippen molar-refractivity contribution in [1.29, 1.82) is 0 Å². The molecule has 0 aliphatic rings. The van der Waals surface area contributed by atoms with Crippen molar-refractivity contribution >= 4 is 11.9 Å². The van der Waals surface area contributed by atoms with Crippen LogP contribution >= 0.6 is 0 Å². The number of carbonyl (C=O) groups excluding carboxylic acids is 2. The summed E-state index contributed by atoms with van der Waals surface area (Å²) in [6.45, 7) is 0. The van der Waals surface area contributed by atoms with Crippen molar-refractivity contribution in [2.45, 2.75) is 17.8 Å². The van der Waals surface area contributed by atoms with Gasteiger partial charge >= 0.3 is 76.9 Å². The summed E-state index contributed by atoms with van der Waals surface area (Å²) in [7, 11) is 0. The van der Waals surface area contributed by atoms with Gasteiger partial charge in [-0.25, -0.2) is 0 Å². The maximum atomic E-state index is 12.1. The molecule has 0 aromatic rings. The van der Waals surface area contributed by atoms with Crippen molar-refractivity contribution in [3.63, 3.8) is 0 Å². The number of hydrogen-bond acceptors (Lipinski definition) is 4. The molecule has 12 heteroatoms.